The summed E-state index contributed by atoms with van der Waals surface area (Å²) >= 11 is 0. The molecule has 0 amide bonds. The number of nitrogens with zero attached hydrogens (tertiary/aromatic N) is 1. The number of pyridine rings is 1. The Balaban J connectivity index is 1.94. The zero-order valence-corrected chi connectivity index (χ0v) is 9.75. The molecule has 1 saturated carbocycles. The Morgan fingerprint density at radius 3 is 3.12 bits per heavy atom. The van der Waals surface area contributed by atoms with E-state index >= 15 is 0 Å². The summed E-state index contributed by atoms with van der Waals surface area (Å²) < 4.78 is 12.9. The molecule has 1 heterocycles. The Morgan fingerprint density at radius 2 is 2.38 bits per heavy atom. The SMILES string of the molecule is CCC1CCCC(Nc2ccnc(F)c2)C1. The second-order valence-electron chi connectivity index (χ2n) is 4.65. The highest BCUT2D eigenvalue weighted by atomic mass is 19.1. The van der Waals surface area contributed by atoms with Gasteiger partial charge in [0.15, 0.2) is 0 Å². The maximum absolute atomic E-state index is 12.9. The first kappa shape index (κ1) is 11.4. The Morgan fingerprint density at radius 1 is 1.50 bits per heavy atom. The molecular weight excluding hydrogens is 203 g/mol. The molecule has 0 bridgehead atoms. The standard InChI is InChI=1S/C13H19FN2/c1-2-10-4-3-5-11(8-10)16-12-6-7-15-13(14)9-12/h6-7,9-11H,2-5,8H2,1H3,(H,15,16). The fourth-order valence-corrected chi connectivity index (χ4v) is 2.52. The van der Waals surface area contributed by atoms with Gasteiger partial charge in [-0.05, 0) is 24.8 Å². The van der Waals surface area contributed by atoms with Crippen LogP contribution >= 0.6 is 0 Å². The molecule has 1 aliphatic rings. The van der Waals surface area contributed by atoms with Crippen LogP contribution in [0.1, 0.15) is 39.0 Å². The maximum Gasteiger partial charge on any atom is 0.214 e. The first-order valence-electron chi connectivity index (χ1n) is 6.16. The van der Waals surface area contributed by atoms with Crippen LogP contribution < -0.4 is 5.32 Å². The molecule has 0 aromatic carbocycles. The van der Waals surface area contributed by atoms with Gasteiger partial charge in [-0.1, -0.05) is 26.2 Å². The third kappa shape index (κ3) is 2.94. The average molecular weight is 222 g/mol. The van der Waals surface area contributed by atoms with E-state index in [2.05, 4.69) is 17.2 Å². The Kier molecular flexibility index (Phi) is 3.75. The minimum atomic E-state index is -0.409. The second-order valence-corrected chi connectivity index (χ2v) is 4.65. The van der Waals surface area contributed by atoms with Crippen LogP contribution in [0.25, 0.3) is 0 Å². The van der Waals surface area contributed by atoms with Gasteiger partial charge in [-0.15, -0.1) is 0 Å². The van der Waals surface area contributed by atoms with E-state index in [-0.39, 0.29) is 0 Å². The first-order valence-corrected chi connectivity index (χ1v) is 6.16. The molecule has 2 nitrogen and oxygen atoms in total. The van der Waals surface area contributed by atoms with E-state index in [1.165, 1.54) is 44.4 Å². The lowest BCUT2D eigenvalue weighted by atomic mass is 9.84. The molecule has 0 radical (unpaired) electrons. The third-order valence-corrected chi connectivity index (χ3v) is 3.46. The molecule has 1 aromatic heterocycles. The lowest BCUT2D eigenvalue weighted by Crippen LogP contribution is -2.27. The van der Waals surface area contributed by atoms with Crippen molar-refractivity contribution in [2.24, 2.45) is 5.92 Å². The maximum atomic E-state index is 12.9. The highest BCUT2D eigenvalue weighted by Crippen LogP contribution is 2.28. The molecule has 2 unspecified atom stereocenters. The molecule has 1 N–H and O–H groups in total. The van der Waals surface area contributed by atoms with E-state index in [0.29, 0.717) is 6.04 Å². The van der Waals surface area contributed by atoms with Crippen LogP contribution in [-0.2, 0) is 0 Å². The quantitative estimate of drug-likeness (QED) is 0.790. The lowest BCUT2D eigenvalue weighted by Gasteiger charge is -2.29. The van der Waals surface area contributed by atoms with E-state index in [1.807, 2.05) is 6.07 Å². The number of aromatic nitrogens is 1. The molecule has 0 saturated heterocycles. The van der Waals surface area contributed by atoms with E-state index in [4.69, 9.17) is 0 Å². The molecule has 2 atom stereocenters. The van der Waals surface area contributed by atoms with Crippen molar-refractivity contribution in [3.8, 4) is 0 Å². The molecule has 1 fully saturated rings. The summed E-state index contributed by atoms with van der Waals surface area (Å²) in [6, 6.07) is 3.80. The highest BCUT2D eigenvalue weighted by molar-refractivity contribution is 5.42. The van der Waals surface area contributed by atoms with E-state index in [9.17, 15) is 4.39 Å². The van der Waals surface area contributed by atoms with Crippen LogP contribution in [0.2, 0.25) is 0 Å². The normalized spacial score (nSPS) is 25.4. The predicted octanol–water partition coefficient (Wildman–Crippen LogP) is 3.60. The van der Waals surface area contributed by atoms with Gasteiger partial charge in [-0.3, -0.25) is 0 Å². The highest BCUT2D eigenvalue weighted by Gasteiger charge is 2.20. The number of hydrogen-bond acceptors (Lipinski definition) is 2. The smallest absolute Gasteiger partial charge is 0.214 e. The predicted molar refractivity (Wildman–Crippen MR) is 63.9 cm³/mol. The van der Waals surface area contributed by atoms with Gasteiger partial charge < -0.3 is 5.32 Å². The fraction of sp³-hybridized carbons (Fsp3) is 0.615. The van der Waals surface area contributed by atoms with E-state index in [1.54, 1.807) is 0 Å². The van der Waals surface area contributed by atoms with Crippen LogP contribution in [0, 0.1) is 11.9 Å². The number of nitrogens with one attached hydrogen (secondary N) is 1. The van der Waals surface area contributed by atoms with E-state index in [0.717, 1.165) is 11.6 Å². The Labute approximate surface area is 96.3 Å². The van der Waals surface area contributed by atoms with Gasteiger partial charge in [0.05, 0.1) is 0 Å². The number of hydrogen-bond donors (Lipinski definition) is 1. The van der Waals surface area contributed by atoms with Gasteiger partial charge >= 0.3 is 0 Å². The topological polar surface area (TPSA) is 24.9 Å². The van der Waals surface area contributed by atoms with Crippen molar-refractivity contribution in [2.45, 2.75) is 45.1 Å². The van der Waals surface area contributed by atoms with Crippen molar-refractivity contribution in [1.82, 2.24) is 4.98 Å². The van der Waals surface area contributed by atoms with Crippen LogP contribution in [0.15, 0.2) is 18.3 Å². The lowest BCUT2D eigenvalue weighted by molar-refractivity contribution is 0.327. The Bertz CT molecular complexity index is 340. The zero-order valence-electron chi connectivity index (χ0n) is 9.75. The summed E-state index contributed by atoms with van der Waals surface area (Å²) in [4.78, 5) is 3.56. The van der Waals surface area contributed by atoms with Crippen LogP contribution in [0.3, 0.4) is 0 Å². The fourth-order valence-electron chi connectivity index (χ4n) is 2.52. The van der Waals surface area contributed by atoms with Crippen molar-refractivity contribution < 1.29 is 4.39 Å². The van der Waals surface area contributed by atoms with Crippen molar-refractivity contribution in [2.75, 3.05) is 5.32 Å². The van der Waals surface area contributed by atoms with Crippen LogP contribution in [0.5, 0.6) is 0 Å². The number of rotatable bonds is 3. The van der Waals surface area contributed by atoms with Crippen molar-refractivity contribution in [3.63, 3.8) is 0 Å². The number of halogens is 1. The molecule has 3 heteroatoms. The molecule has 88 valence electrons. The summed E-state index contributed by atoms with van der Waals surface area (Å²) in [5.74, 6) is 0.422. The summed E-state index contributed by atoms with van der Waals surface area (Å²) in [6.45, 7) is 2.25. The van der Waals surface area contributed by atoms with Gasteiger partial charge in [0, 0.05) is 24.0 Å². The molecule has 2 rings (SSSR count). The summed E-state index contributed by atoms with van der Waals surface area (Å²) in [7, 11) is 0. The summed E-state index contributed by atoms with van der Waals surface area (Å²) in [6.07, 6.45) is 7.80. The molecule has 1 aliphatic carbocycles. The van der Waals surface area contributed by atoms with Gasteiger partial charge in [-0.25, -0.2) is 4.98 Å². The van der Waals surface area contributed by atoms with Crippen LogP contribution in [0.4, 0.5) is 10.1 Å². The molecule has 1 aromatic rings. The van der Waals surface area contributed by atoms with Gasteiger partial charge in [-0.2, -0.15) is 4.39 Å². The Hall–Kier alpha value is -1.12. The van der Waals surface area contributed by atoms with Gasteiger partial charge in [0.1, 0.15) is 0 Å². The van der Waals surface area contributed by atoms with Crippen molar-refractivity contribution >= 4 is 5.69 Å². The van der Waals surface area contributed by atoms with Crippen LogP contribution in [-0.4, -0.2) is 11.0 Å². The monoisotopic (exact) mass is 222 g/mol. The minimum absolute atomic E-state index is 0.409. The van der Waals surface area contributed by atoms with Gasteiger partial charge in [0.2, 0.25) is 5.95 Å². The molecular formula is C13H19FN2. The van der Waals surface area contributed by atoms with E-state index < -0.39 is 5.95 Å². The largest absolute Gasteiger partial charge is 0.382 e. The summed E-state index contributed by atoms with van der Waals surface area (Å²) in [5.41, 5.74) is 0.856. The summed E-state index contributed by atoms with van der Waals surface area (Å²) in [5, 5.41) is 3.41. The number of anilines is 1. The minimum Gasteiger partial charge on any atom is -0.382 e. The first-order chi connectivity index (χ1) is 7.78. The van der Waals surface area contributed by atoms with Crippen molar-refractivity contribution in [1.29, 1.82) is 0 Å². The third-order valence-electron chi connectivity index (χ3n) is 3.46. The molecule has 16 heavy (non-hydrogen) atoms. The zero-order chi connectivity index (χ0) is 11.4. The average Bonchev–Trinajstić information content (AvgIpc) is 2.29. The second kappa shape index (κ2) is 5.28. The molecule has 0 spiro atoms. The molecule has 0 aliphatic heterocycles. The van der Waals surface area contributed by atoms with Crippen molar-refractivity contribution in [3.05, 3.63) is 24.3 Å². The van der Waals surface area contributed by atoms with Gasteiger partial charge in [0.25, 0.3) is 0 Å².